The SMILES string of the molecule is C=CC(=C(C#N)C(=O)O)c1ccc(N(C)C)cc1. The van der Waals surface area contributed by atoms with Crippen LogP contribution in [-0.2, 0) is 4.79 Å². The number of anilines is 1. The molecule has 0 saturated carbocycles. The Morgan fingerprint density at radius 1 is 1.39 bits per heavy atom. The van der Waals surface area contributed by atoms with Crippen LogP contribution >= 0.6 is 0 Å². The highest BCUT2D eigenvalue weighted by molar-refractivity contribution is 6.02. The van der Waals surface area contributed by atoms with Crippen molar-refractivity contribution in [3.05, 3.63) is 48.1 Å². The van der Waals surface area contributed by atoms with E-state index in [0.29, 0.717) is 11.1 Å². The molecule has 1 aromatic rings. The molecule has 0 aliphatic heterocycles. The molecule has 0 fully saturated rings. The van der Waals surface area contributed by atoms with Crippen molar-refractivity contribution in [2.24, 2.45) is 0 Å². The minimum Gasteiger partial charge on any atom is -0.477 e. The summed E-state index contributed by atoms with van der Waals surface area (Å²) in [6.45, 7) is 3.56. The van der Waals surface area contributed by atoms with Crippen molar-refractivity contribution in [2.75, 3.05) is 19.0 Å². The first-order valence-electron chi connectivity index (χ1n) is 5.29. The van der Waals surface area contributed by atoms with E-state index in [2.05, 4.69) is 6.58 Å². The predicted molar refractivity (Wildman–Crippen MR) is 71.1 cm³/mol. The lowest BCUT2D eigenvalue weighted by atomic mass is 10.00. The number of nitrogens with zero attached hydrogens (tertiary/aromatic N) is 2. The zero-order chi connectivity index (χ0) is 13.7. The normalized spacial score (nSPS) is 11.2. The Bertz CT molecular complexity index is 534. The summed E-state index contributed by atoms with van der Waals surface area (Å²) in [5.41, 5.74) is 1.68. The lowest BCUT2D eigenvalue weighted by Crippen LogP contribution is -2.08. The summed E-state index contributed by atoms with van der Waals surface area (Å²) in [5.74, 6) is -1.25. The Morgan fingerprint density at radius 3 is 2.28 bits per heavy atom. The highest BCUT2D eigenvalue weighted by Crippen LogP contribution is 2.22. The van der Waals surface area contributed by atoms with Crippen LogP contribution in [0.15, 0.2) is 42.5 Å². The number of hydrogen-bond acceptors (Lipinski definition) is 3. The number of carboxylic acid groups (broad SMARTS) is 1. The topological polar surface area (TPSA) is 64.3 Å². The van der Waals surface area contributed by atoms with E-state index < -0.39 is 5.97 Å². The van der Waals surface area contributed by atoms with Gasteiger partial charge < -0.3 is 10.0 Å². The zero-order valence-corrected chi connectivity index (χ0v) is 10.3. The van der Waals surface area contributed by atoms with E-state index in [9.17, 15) is 4.79 Å². The lowest BCUT2D eigenvalue weighted by Gasteiger charge is -2.13. The number of benzene rings is 1. The molecule has 0 spiro atoms. The summed E-state index contributed by atoms with van der Waals surface area (Å²) in [6, 6.07) is 8.94. The molecule has 0 aliphatic carbocycles. The van der Waals surface area contributed by atoms with Gasteiger partial charge in [-0.15, -0.1) is 0 Å². The van der Waals surface area contributed by atoms with Crippen molar-refractivity contribution in [3.8, 4) is 6.07 Å². The van der Waals surface area contributed by atoms with Gasteiger partial charge in [0.15, 0.2) is 0 Å². The van der Waals surface area contributed by atoms with Gasteiger partial charge in [0, 0.05) is 25.4 Å². The van der Waals surface area contributed by atoms with Gasteiger partial charge in [-0.1, -0.05) is 24.8 Å². The fourth-order valence-electron chi connectivity index (χ4n) is 1.53. The maximum Gasteiger partial charge on any atom is 0.347 e. The Morgan fingerprint density at radius 2 is 1.94 bits per heavy atom. The second-order valence-electron chi connectivity index (χ2n) is 3.85. The van der Waals surface area contributed by atoms with Crippen LogP contribution in [0.5, 0.6) is 0 Å². The molecule has 0 aromatic heterocycles. The second-order valence-corrected chi connectivity index (χ2v) is 3.85. The fourth-order valence-corrected chi connectivity index (χ4v) is 1.53. The largest absolute Gasteiger partial charge is 0.477 e. The molecule has 0 saturated heterocycles. The Labute approximate surface area is 106 Å². The fraction of sp³-hybridized carbons (Fsp3) is 0.143. The van der Waals surface area contributed by atoms with Gasteiger partial charge in [-0.3, -0.25) is 0 Å². The number of hydrogen-bond donors (Lipinski definition) is 1. The van der Waals surface area contributed by atoms with Crippen LogP contribution in [0.4, 0.5) is 5.69 Å². The molecular weight excluding hydrogens is 228 g/mol. The molecule has 0 atom stereocenters. The molecule has 0 aliphatic rings. The first-order chi connectivity index (χ1) is 8.51. The van der Waals surface area contributed by atoms with Crippen LogP contribution in [0, 0.1) is 11.3 Å². The number of nitriles is 1. The molecule has 1 N–H and O–H groups in total. The van der Waals surface area contributed by atoms with Crippen LogP contribution in [0.3, 0.4) is 0 Å². The van der Waals surface area contributed by atoms with Gasteiger partial charge in [0.1, 0.15) is 11.6 Å². The van der Waals surface area contributed by atoms with Crippen LogP contribution in [0.2, 0.25) is 0 Å². The van der Waals surface area contributed by atoms with Crippen molar-refractivity contribution in [3.63, 3.8) is 0 Å². The van der Waals surface area contributed by atoms with E-state index in [1.807, 2.05) is 31.1 Å². The van der Waals surface area contributed by atoms with E-state index in [-0.39, 0.29) is 5.57 Å². The molecule has 0 amide bonds. The standard InChI is InChI=1S/C14H14N2O2/c1-4-12(13(9-15)14(17)18)10-5-7-11(8-6-10)16(2)3/h4-8H,1H2,2-3H3,(H,17,18). The molecule has 0 bridgehead atoms. The third-order valence-corrected chi connectivity index (χ3v) is 2.49. The molecule has 1 aromatic carbocycles. The van der Waals surface area contributed by atoms with Crippen molar-refractivity contribution in [1.82, 2.24) is 0 Å². The maximum atomic E-state index is 10.9. The smallest absolute Gasteiger partial charge is 0.347 e. The van der Waals surface area contributed by atoms with E-state index >= 15 is 0 Å². The summed E-state index contributed by atoms with van der Waals surface area (Å²) in [4.78, 5) is 12.9. The minimum atomic E-state index is -1.25. The zero-order valence-electron chi connectivity index (χ0n) is 10.3. The van der Waals surface area contributed by atoms with Crippen LogP contribution < -0.4 is 4.90 Å². The van der Waals surface area contributed by atoms with Gasteiger partial charge >= 0.3 is 5.97 Å². The van der Waals surface area contributed by atoms with Crippen molar-refractivity contribution in [1.29, 1.82) is 5.26 Å². The van der Waals surface area contributed by atoms with Crippen LogP contribution in [-0.4, -0.2) is 25.2 Å². The maximum absolute atomic E-state index is 10.9. The summed E-state index contributed by atoms with van der Waals surface area (Å²) in [6.07, 6.45) is 1.39. The first-order valence-corrected chi connectivity index (χ1v) is 5.29. The quantitative estimate of drug-likeness (QED) is 0.500. The number of allylic oxidation sites excluding steroid dienone is 2. The van der Waals surface area contributed by atoms with Crippen LogP contribution in [0.25, 0.3) is 5.57 Å². The molecule has 4 nitrogen and oxygen atoms in total. The van der Waals surface area contributed by atoms with E-state index in [0.717, 1.165) is 5.69 Å². The number of aliphatic carboxylic acids is 1. The van der Waals surface area contributed by atoms with Gasteiger partial charge in [0.25, 0.3) is 0 Å². The molecule has 92 valence electrons. The Balaban J connectivity index is 3.31. The van der Waals surface area contributed by atoms with Crippen molar-refractivity contribution < 1.29 is 9.90 Å². The molecular formula is C14H14N2O2. The van der Waals surface area contributed by atoms with Crippen LogP contribution in [0.1, 0.15) is 5.56 Å². The summed E-state index contributed by atoms with van der Waals surface area (Å²) < 4.78 is 0. The highest BCUT2D eigenvalue weighted by Gasteiger charge is 2.13. The summed E-state index contributed by atoms with van der Waals surface area (Å²) in [7, 11) is 3.83. The Kier molecular flexibility index (Phi) is 4.27. The molecule has 4 heteroatoms. The van der Waals surface area contributed by atoms with Crippen molar-refractivity contribution >= 4 is 17.2 Å². The molecule has 0 heterocycles. The lowest BCUT2D eigenvalue weighted by molar-refractivity contribution is -0.132. The van der Waals surface area contributed by atoms with Gasteiger partial charge in [-0.25, -0.2) is 4.79 Å². The monoisotopic (exact) mass is 242 g/mol. The van der Waals surface area contributed by atoms with Gasteiger partial charge in [0.05, 0.1) is 0 Å². The molecule has 0 radical (unpaired) electrons. The third kappa shape index (κ3) is 2.77. The number of rotatable bonds is 4. The Hall–Kier alpha value is -2.54. The number of carboxylic acids is 1. The van der Waals surface area contributed by atoms with Gasteiger partial charge in [-0.05, 0) is 17.7 Å². The molecule has 0 unspecified atom stereocenters. The first kappa shape index (κ1) is 13.5. The number of carbonyl (C=O) groups is 1. The average molecular weight is 242 g/mol. The molecule has 1 rings (SSSR count). The predicted octanol–water partition coefficient (Wildman–Crippen LogP) is 2.30. The second kappa shape index (κ2) is 5.69. The van der Waals surface area contributed by atoms with Crippen molar-refractivity contribution in [2.45, 2.75) is 0 Å². The highest BCUT2D eigenvalue weighted by atomic mass is 16.4. The van der Waals surface area contributed by atoms with E-state index in [4.69, 9.17) is 10.4 Å². The van der Waals surface area contributed by atoms with Gasteiger partial charge in [0.2, 0.25) is 0 Å². The average Bonchev–Trinajstić information content (AvgIpc) is 2.35. The van der Waals surface area contributed by atoms with E-state index in [1.165, 1.54) is 6.08 Å². The van der Waals surface area contributed by atoms with Gasteiger partial charge in [-0.2, -0.15) is 5.26 Å². The minimum absolute atomic E-state index is 0.303. The summed E-state index contributed by atoms with van der Waals surface area (Å²) in [5, 5.41) is 17.8. The molecule has 18 heavy (non-hydrogen) atoms. The third-order valence-electron chi connectivity index (χ3n) is 2.49. The summed E-state index contributed by atoms with van der Waals surface area (Å²) >= 11 is 0. The van der Waals surface area contributed by atoms with E-state index in [1.54, 1.807) is 18.2 Å².